The molecule has 190 valence electrons. The van der Waals surface area contributed by atoms with Crippen molar-refractivity contribution in [2.24, 2.45) is 0 Å². The minimum atomic E-state index is -2.72. The normalized spacial score (nSPS) is 14.9. The quantitative estimate of drug-likeness (QED) is 0.490. The van der Waals surface area contributed by atoms with Crippen LogP contribution in [0.25, 0.3) is 0 Å². The van der Waals surface area contributed by atoms with E-state index >= 15 is 0 Å². The average Bonchev–Trinajstić information content (AvgIpc) is 3.26. The third kappa shape index (κ3) is 7.17. The van der Waals surface area contributed by atoms with Gasteiger partial charge in [0.2, 0.25) is 5.91 Å². The zero-order valence-corrected chi connectivity index (χ0v) is 20.3. The summed E-state index contributed by atoms with van der Waals surface area (Å²) in [5, 5.41) is 4.96. The molecule has 0 spiro atoms. The van der Waals surface area contributed by atoms with Gasteiger partial charge in [-0.15, -0.1) is 11.3 Å². The topological polar surface area (TPSA) is 91.0 Å². The van der Waals surface area contributed by atoms with Crippen LogP contribution in [-0.2, 0) is 14.3 Å². The van der Waals surface area contributed by atoms with Crippen LogP contribution in [0.15, 0.2) is 30.3 Å². The second-order valence-electron chi connectivity index (χ2n) is 7.56. The molecule has 2 heterocycles. The highest BCUT2D eigenvalue weighted by Crippen LogP contribution is 2.24. The summed E-state index contributed by atoms with van der Waals surface area (Å²) in [6, 6.07) is 5.70. The Morgan fingerprint density at radius 1 is 1.29 bits per heavy atom. The second-order valence-corrected chi connectivity index (χ2v) is 9.27. The number of halogens is 4. The van der Waals surface area contributed by atoms with Crippen molar-refractivity contribution >= 4 is 52.0 Å². The van der Waals surface area contributed by atoms with Gasteiger partial charge in [0.05, 0.1) is 28.1 Å². The predicted octanol–water partition coefficient (Wildman–Crippen LogP) is 3.23. The first-order valence-corrected chi connectivity index (χ1v) is 11.9. The van der Waals surface area contributed by atoms with E-state index in [0.717, 1.165) is 17.4 Å². The molecular weight excluding hydrogens is 509 g/mol. The number of hydrogen-bond acceptors (Lipinski definition) is 6. The summed E-state index contributed by atoms with van der Waals surface area (Å²) in [6.07, 6.45) is -2.72. The van der Waals surface area contributed by atoms with Gasteiger partial charge >= 0.3 is 0 Å². The molecule has 1 aliphatic heterocycles. The molecule has 0 radical (unpaired) electrons. The molecule has 1 atom stereocenters. The van der Waals surface area contributed by atoms with Crippen molar-refractivity contribution in [2.75, 3.05) is 49.6 Å². The van der Waals surface area contributed by atoms with Crippen molar-refractivity contribution < 1.29 is 32.3 Å². The Hall–Kier alpha value is -2.67. The van der Waals surface area contributed by atoms with E-state index in [-0.39, 0.29) is 37.8 Å². The first kappa shape index (κ1) is 26.9. The number of thiophene rings is 1. The Kier molecular flexibility index (Phi) is 9.49. The summed E-state index contributed by atoms with van der Waals surface area (Å²) in [5.74, 6) is -2.41. The summed E-state index contributed by atoms with van der Waals surface area (Å²) in [6.45, 7) is 1.15. The maximum absolute atomic E-state index is 14.8. The van der Waals surface area contributed by atoms with Gasteiger partial charge in [0.15, 0.2) is 0 Å². The molecule has 2 N–H and O–H groups in total. The molecule has 1 aliphatic rings. The average molecular weight is 533 g/mol. The molecule has 0 unspecified atom stereocenters. The molecule has 2 aromatic rings. The van der Waals surface area contributed by atoms with E-state index in [0.29, 0.717) is 21.5 Å². The minimum absolute atomic E-state index is 0.0870. The van der Waals surface area contributed by atoms with Crippen molar-refractivity contribution in [3.05, 3.63) is 45.4 Å². The van der Waals surface area contributed by atoms with Gasteiger partial charge in [-0.05, 0) is 36.9 Å². The number of benzene rings is 1. The van der Waals surface area contributed by atoms with Gasteiger partial charge in [-0.1, -0.05) is 18.5 Å². The molecule has 1 aromatic carbocycles. The molecule has 0 bridgehead atoms. The number of carbonyl (C=O) groups excluding carboxylic acids is 3. The highest BCUT2D eigenvalue weighted by Gasteiger charge is 2.29. The van der Waals surface area contributed by atoms with Gasteiger partial charge in [-0.25, -0.2) is 13.2 Å². The number of likely N-dealkylation sites (N-methyl/N-ethyl adjacent to an activating group) is 1. The van der Waals surface area contributed by atoms with E-state index in [1.807, 2.05) is 0 Å². The summed E-state index contributed by atoms with van der Waals surface area (Å²) in [5.41, 5.74) is 0.119. The highest BCUT2D eigenvalue weighted by molar-refractivity contribution is 7.18. The molecule has 1 fully saturated rings. The number of alkyl halides is 2. The van der Waals surface area contributed by atoms with Crippen LogP contribution >= 0.6 is 22.9 Å². The summed E-state index contributed by atoms with van der Waals surface area (Å²) < 4.78 is 46.5. The van der Waals surface area contributed by atoms with Gasteiger partial charge in [0.1, 0.15) is 18.5 Å². The molecule has 0 aliphatic carbocycles. The lowest BCUT2D eigenvalue weighted by atomic mass is 10.2. The summed E-state index contributed by atoms with van der Waals surface area (Å²) in [4.78, 5) is 40.3. The number of rotatable bonds is 10. The lowest BCUT2D eigenvalue weighted by Crippen LogP contribution is -2.52. The van der Waals surface area contributed by atoms with Gasteiger partial charge in [0, 0.05) is 18.8 Å². The molecule has 3 rings (SSSR count). The lowest BCUT2D eigenvalue weighted by molar-refractivity contribution is -0.125. The number of hydrogen-bond donors (Lipinski definition) is 2. The largest absolute Gasteiger partial charge is 0.370 e. The maximum atomic E-state index is 14.8. The van der Waals surface area contributed by atoms with Gasteiger partial charge < -0.3 is 20.3 Å². The Morgan fingerprint density at radius 2 is 2.06 bits per heavy atom. The van der Waals surface area contributed by atoms with Crippen molar-refractivity contribution in [3.63, 3.8) is 0 Å². The van der Waals surface area contributed by atoms with Gasteiger partial charge in [0.25, 0.3) is 18.2 Å². The number of nitrogens with one attached hydrogen (secondary N) is 2. The van der Waals surface area contributed by atoms with E-state index in [4.69, 9.17) is 16.3 Å². The zero-order chi connectivity index (χ0) is 25.5. The van der Waals surface area contributed by atoms with Crippen LogP contribution in [0.3, 0.4) is 0 Å². The summed E-state index contributed by atoms with van der Waals surface area (Å²) >= 11 is 6.87. The van der Waals surface area contributed by atoms with Crippen molar-refractivity contribution in [3.8, 4) is 0 Å². The number of amides is 3. The fourth-order valence-electron chi connectivity index (χ4n) is 3.53. The molecule has 13 heteroatoms. The van der Waals surface area contributed by atoms with Crippen molar-refractivity contribution in [1.29, 1.82) is 0 Å². The van der Waals surface area contributed by atoms with Gasteiger partial charge in [-0.3, -0.25) is 19.3 Å². The Bertz CT molecular complexity index is 1070. The second kappa shape index (κ2) is 12.3. The third-order valence-electron chi connectivity index (χ3n) is 5.28. The SMILES string of the molecule is CCN(CC(F)F)[C@@H](CNC(=O)c1ccc(Cl)s1)C(=O)Nc1ccc(N2CCOCC2=O)cc1F. The number of nitrogens with zero attached hydrogens (tertiary/aromatic N) is 2. The van der Waals surface area contributed by atoms with Crippen LogP contribution in [0.5, 0.6) is 0 Å². The molecule has 3 amide bonds. The van der Waals surface area contributed by atoms with Crippen molar-refractivity contribution in [1.82, 2.24) is 10.2 Å². The fraction of sp³-hybridized carbons (Fsp3) is 0.409. The van der Waals surface area contributed by atoms with Gasteiger partial charge in [-0.2, -0.15) is 0 Å². The zero-order valence-electron chi connectivity index (χ0n) is 18.7. The Balaban J connectivity index is 1.74. The van der Waals surface area contributed by atoms with E-state index in [1.165, 1.54) is 34.1 Å². The van der Waals surface area contributed by atoms with E-state index in [1.54, 1.807) is 6.92 Å². The molecular formula is C22H24ClF3N4O4S. The standard InChI is InChI=1S/C22H24ClF3N4O4S/c1-2-29(11-19(25)26)16(10-27-22(33)17-5-6-18(23)35-17)21(32)28-15-4-3-13(9-14(15)24)30-7-8-34-12-20(30)31/h3-6,9,16,19H,2,7-8,10-12H2,1H3,(H,27,33)(H,28,32)/t16-/m0/s1. The highest BCUT2D eigenvalue weighted by atomic mass is 35.5. The first-order chi connectivity index (χ1) is 16.7. The number of ether oxygens (including phenoxy) is 1. The number of morpholine rings is 1. The van der Waals surface area contributed by atoms with Crippen LogP contribution in [0.2, 0.25) is 4.34 Å². The van der Waals surface area contributed by atoms with E-state index < -0.39 is 36.6 Å². The molecule has 8 nitrogen and oxygen atoms in total. The van der Waals surface area contributed by atoms with Crippen LogP contribution in [0.1, 0.15) is 16.6 Å². The van der Waals surface area contributed by atoms with Crippen LogP contribution < -0.4 is 15.5 Å². The van der Waals surface area contributed by atoms with Crippen LogP contribution in [0, 0.1) is 5.82 Å². The third-order valence-corrected chi connectivity index (χ3v) is 6.51. The lowest BCUT2D eigenvalue weighted by Gasteiger charge is -2.30. The first-order valence-electron chi connectivity index (χ1n) is 10.7. The molecule has 35 heavy (non-hydrogen) atoms. The van der Waals surface area contributed by atoms with E-state index in [9.17, 15) is 27.6 Å². The molecule has 1 saturated heterocycles. The predicted molar refractivity (Wildman–Crippen MR) is 127 cm³/mol. The smallest absolute Gasteiger partial charge is 0.261 e. The fourth-order valence-corrected chi connectivity index (χ4v) is 4.49. The number of carbonyl (C=O) groups is 3. The molecule has 0 saturated carbocycles. The van der Waals surface area contributed by atoms with Crippen LogP contribution in [0.4, 0.5) is 24.5 Å². The summed E-state index contributed by atoms with van der Waals surface area (Å²) in [7, 11) is 0. The van der Waals surface area contributed by atoms with E-state index in [2.05, 4.69) is 10.6 Å². The maximum Gasteiger partial charge on any atom is 0.261 e. The van der Waals surface area contributed by atoms with Crippen LogP contribution in [-0.4, -0.2) is 74.5 Å². The monoisotopic (exact) mass is 532 g/mol. The van der Waals surface area contributed by atoms with Crippen molar-refractivity contribution in [2.45, 2.75) is 19.4 Å². The number of anilines is 2. The Labute approximate surface area is 209 Å². The minimum Gasteiger partial charge on any atom is -0.370 e. The Morgan fingerprint density at radius 3 is 2.66 bits per heavy atom. The molecule has 1 aromatic heterocycles.